The summed E-state index contributed by atoms with van der Waals surface area (Å²) in [4.78, 5) is 0. The Morgan fingerprint density at radius 2 is 0.800 bits per heavy atom. The van der Waals surface area contributed by atoms with Crippen LogP contribution in [0.1, 0.15) is 0 Å². The molecule has 0 bridgehead atoms. The quantitative estimate of drug-likeness (QED) is 0.362. The van der Waals surface area contributed by atoms with Crippen molar-refractivity contribution in [2.45, 2.75) is 0 Å². The van der Waals surface area contributed by atoms with Crippen molar-refractivity contribution in [1.82, 2.24) is 24.6 Å². The van der Waals surface area contributed by atoms with Gasteiger partial charge in [0.15, 0.2) is 0 Å². The van der Waals surface area contributed by atoms with Crippen LogP contribution in [0.4, 0.5) is 0 Å². The normalized spacial score (nSPS) is 5.80. The predicted molar refractivity (Wildman–Crippen MR) is 34.4 cm³/mol. The predicted octanol–water partition coefficient (Wildman–Crippen LogP) is 0.167. The maximum Gasteiger partial charge on any atom is 4.00 e. The molecule has 0 spiro atoms. The minimum Gasteiger partial charge on any atom is -0.759 e. The van der Waals surface area contributed by atoms with Gasteiger partial charge in [0.1, 0.15) is 0 Å². The van der Waals surface area contributed by atoms with E-state index in [1.165, 1.54) is 0 Å². The molecule has 0 radical (unpaired) electrons. The van der Waals surface area contributed by atoms with Crippen LogP contribution < -0.4 is 24.6 Å². The fourth-order valence-corrected chi connectivity index (χ4v) is 0. The summed E-state index contributed by atoms with van der Waals surface area (Å²) in [6.45, 7) is 0. The maximum atomic E-state index is 8.52. The SMILES string of the molecule is O=S(=O)([O-])[O-].[Ce+4].[NH4+].[NH4+].[NH4+].[NH4+]. The fourth-order valence-electron chi connectivity index (χ4n) is 0. The van der Waals surface area contributed by atoms with Crippen LogP contribution in [-0.4, -0.2) is 17.5 Å². The molecular weight excluding hydrogens is 292 g/mol. The third kappa shape index (κ3) is 503. The smallest absolute Gasteiger partial charge is 0.759 e. The average molecular weight is 308 g/mol. The molecule has 0 unspecified atom stereocenters. The summed E-state index contributed by atoms with van der Waals surface area (Å²) in [6, 6.07) is 0. The summed E-state index contributed by atoms with van der Waals surface area (Å²) in [7, 11) is -5.17. The molecule has 64 valence electrons. The Bertz CT molecular complexity index is 100. The van der Waals surface area contributed by atoms with Crippen LogP contribution in [0.25, 0.3) is 0 Å². The Hall–Kier alpha value is 1.09. The van der Waals surface area contributed by atoms with Crippen LogP contribution in [0, 0.1) is 41.7 Å². The summed E-state index contributed by atoms with van der Waals surface area (Å²) >= 11 is 0. The molecule has 0 atom stereocenters. The molecule has 0 heterocycles. The van der Waals surface area contributed by atoms with Gasteiger partial charge < -0.3 is 33.7 Å². The van der Waals surface area contributed by atoms with E-state index in [9.17, 15) is 0 Å². The van der Waals surface area contributed by atoms with Crippen molar-refractivity contribution in [1.29, 1.82) is 0 Å². The van der Waals surface area contributed by atoms with Crippen molar-refractivity contribution in [3.05, 3.63) is 0 Å². The van der Waals surface area contributed by atoms with Crippen LogP contribution in [0.2, 0.25) is 0 Å². The van der Waals surface area contributed by atoms with Gasteiger partial charge >= 0.3 is 41.7 Å². The Balaban J connectivity index is -0.00000000800. The van der Waals surface area contributed by atoms with E-state index in [-0.39, 0.29) is 66.3 Å². The minimum atomic E-state index is -5.17. The van der Waals surface area contributed by atoms with Gasteiger partial charge in [0.05, 0.1) is 0 Å². The zero-order valence-electron chi connectivity index (χ0n) is 6.54. The molecule has 10 heteroatoms. The molecule has 10 heavy (non-hydrogen) atoms. The average Bonchev–Trinajstić information content (AvgIpc) is 0.722. The van der Waals surface area contributed by atoms with E-state index in [0.29, 0.717) is 0 Å². The zero-order valence-corrected chi connectivity index (χ0v) is 10.5. The standard InChI is InChI=1S/Ce.4H3N.H2O4S/c;;;;;1-5(2,3)4/h;4*1H3;(H2,1,2,3,4)/q+4;;;;;/p+2. The largest absolute Gasteiger partial charge is 4.00 e. The third-order valence-corrected chi connectivity index (χ3v) is 0. The van der Waals surface area contributed by atoms with Crippen molar-refractivity contribution in [3.8, 4) is 0 Å². The van der Waals surface area contributed by atoms with Gasteiger partial charge in [0, 0.05) is 10.4 Å². The molecule has 8 nitrogen and oxygen atoms in total. The van der Waals surface area contributed by atoms with Gasteiger partial charge in [-0.15, -0.1) is 0 Å². The van der Waals surface area contributed by atoms with Gasteiger partial charge in [-0.3, -0.25) is 8.42 Å². The van der Waals surface area contributed by atoms with E-state index in [4.69, 9.17) is 17.5 Å². The molecular formula is H16CeN4O4S+6. The summed E-state index contributed by atoms with van der Waals surface area (Å²) in [5.41, 5.74) is 0. The van der Waals surface area contributed by atoms with Crippen LogP contribution in [0.3, 0.4) is 0 Å². The van der Waals surface area contributed by atoms with Gasteiger partial charge in [0.25, 0.3) is 0 Å². The molecule has 0 aromatic carbocycles. The van der Waals surface area contributed by atoms with E-state index in [0.717, 1.165) is 0 Å². The van der Waals surface area contributed by atoms with Crippen molar-refractivity contribution in [2.24, 2.45) is 0 Å². The molecule has 0 fully saturated rings. The molecule has 0 aromatic rings. The van der Waals surface area contributed by atoms with Gasteiger partial charge in [0.2, 0.25) is 0 Å². The van der Waals surface area contributed by atoms with Crippen molar-refractivity contribution in [3.63, 3.8) is 0 Å². The number of quaternary nitrogens is 4. The first-order valence-electron chi connectivity index (χ1n) is 0.667. The molecule has 16 N–H and O–H groups in total. The minimum absolute atomic E-state index is 0. The zero-order chi connectivity index (χ0) is 4.50. The van der Waals surface area contributed by atoms with E-state index in [2.05, 4.69) is 0 Å². The molecule has 0 saturated heterocycles. The second-order valence-corrected chi connectivity index (χ2v) is 1.22. The monoisotopic (exact) mass is 308 g/mol. The molecule has 0 rings (SSSR count). The Labute approximate surface area is 93.4 Å². The van der Waals surface area contributed by atoms with Gasteiger partial charge in [-0.25, -0.2) is 0 Å². The first kappa shape index (κ1) is 43.6. The van der Waals surface area contributed by atoms with Gasteiger partial charge in [-0.05, 0) is 0 Å². The Morgan fingerprint density at radius 3 is 0.800 bits per heavy atom. The van der Waals surface area contributed by atoms with Crippen LogP contribution in [0.5, 0.6) is 0 Å². The van der Waals surface area contributed by atoms with Crippen LogP contribution >= 0.6 is 0 Å². The summed E-state index contributed by atoms with van der Waals surface area (Å²) in [6.07, 6.45) is 0. The molecule has 0 aliphatic rings. The first-order valence-corrected chi connectivity index (χ1v) is 2.00. The molecule has 0 saturated carbocycles. The molecule has 0 amide bonds. The van der Waals surface area contributed by atoms with Gasteiger partial charge in [-0.1, -0.05) is 0 Å². The molecule has 0 aromatic heterocycles. The van der Waals surface area contributed by atoms with E-state index >= 15 is 0 Å². The van der Waals surface area contributed by atoms with E-state index in [1.807, 2.05) is 0 Å². The van der Waals surface area contributed by atoms with E-state index < -0.39 is 10.4 Å². The van der Waals surface area contributed by atoms with Gasteiger partial charge in [-0.2, -0.15) is 0 Å². The second-order valence-electron chi connectivity index (χ2n) is 0.408. The summed E-state index contributed by atoms with van der Waals surface area (Å²) in [5, 5.41) is 0. The summed E-state index contributed by atoms with van der Waals surface area (Å²) in [5.74, 6) is 0. The summed E-state index contributed by atoms with van der Waals surface area (Å²) < 4.78 is 34.1. The Kier molecular flexibility index (Phi) is 72.3. The van der Waals surface area contributed by atoms with E-state index in [1.54, 1.807) is 0 Å². The number of hydrogen-bond acceptors (Lipinski definition) is 4. The third-order valence-electron chi connectivity index (χ3n) is 0. The van der Waals surface area contributed by atoms with Crippen LogP contribution in [0.15, 0.2) is 0 Å². The van der Waals surface area contributed by atoms with Crippen molar-refractivity contribution in [2.75, 3.05) is 0 Å². The van der Waals surface area contributed by atoms with Crippen LogP contribution in [-0.2, 0) is 10.4 Å². The molecule has 0 aliphatic heterocycles. The number of rotatable bonds is 0. The fraction of sp³-hybridized carbons (Fsp3) is 0. The second kappa shape index (κ2) is 16.6. The first-order chi connectivity index (χ1) is 2.00. The number of hydrogen-bond donors (Lipinski definition) is 4. The topological polar surface area (TPSA) is 226 Å². The molecule has 0 aliphatic carbocycles. The Morgan fingerprint density at radius 1 is 0.800 bits per heavy atom. The maximum absolute atomic E-state index is 8.52. The van der Waals surface area contributed by atoms with Crippen molar-refractivity contribution >= 4 is 10.4 Å². The van der Waals surface area contributed by atoms with Crippen molar-refractivity contribution < 1.29 is 59.3 Å².